The maximum absolute atomic E-state index is 12.8. The molecule has 3 heterocycles. The number of piperazine rings is 1. The number of aromatic nitrogens is 2. The number of hydrogen-bond donors (Lipinski definition) is 1. The lowest BCUT2D eigenvalue weighted by molar-refractivity contribution is -0.117. The van der Waals surface area contributed by atoms with Gasteiger partial charge in [-0.25, -0.2) is 0 Å². The van der Waals surface area contributed by atoms with E-state index in [0.717, 1.165) is 18.8 Å². The molecule has 0 spiro atoms. The number of nitrogens with zero attached hydrogens (tertiary/aromatic N) is 5. The number of halogens is 1. The maximum Gasteiger partial charge on any atom is 0.292 e. The van der Waals surface area contributed by atoms with Crippen molar-refractivity contribution in [2.45, 2.75) is 12.8 Å². The van der Waals surface area contributed by atoms with Gasteiger partial charge in [-0.15, -0.1) is 0 Å². The van der Waals surface area contributed by atoms with Crippen LogP contribution in [-0.4, -0.2) is 66.4 Å². The molecule has 1 N–H and O–H groups in total. The number of carbonyl (C=O) groups excluding carboxylic acids is 1. The van der Waals surface area contributed by atoms with Crippen molar-refractivity contribution < 1.29 is 4.79 Å². The summed E-state index contributed by atoms with van der Waals surface area (Å²) in [4.78, 5) is 31.9. The highest BCUT2D eigenvalue weighted by Crippen LogP contribution is 2.24. The molecule has 0 bridgehead atoms. The van der Waals surface area contributed by atoms with E-state index in [1.165, 1.54) is 23.2 Å². The number of para-hydroxylation sites is 1. The van der Waals surface area contributed by atoms with Crippen molar-refractivity contribution in [3.63, 3.8) is 0 Å². The summed E-state index contributed by atoms with van der Waals surface area (Å²) in [5.41, 5.74) is 2.99. The SMILES string of the molecule is O=C(CN1CCN(c2cnn(-c3ccccc3)c(=O)c2Cl)CC1)Nc1ccc(N2CCCC2)cc1. The van der Waals surface area contributed by atoms with Crippen molar-refractivity contribution in [3.8, 4) is 5.69 Å². The van der Waals surface area contributed by atoms with Crippen molar-refractivity contribution in [1.29, 1.82) is 0 Å². The van der Waals surface area contributed by atoms with E-state index in [0.29, 0.717) is 44.1 Å². The molecule has 9 heteroatoms. The van der Waals surface area contributed by atoms with Gasteiger partial charge in [0.25, 0.3) is 5.56 Å². The molecule has 0 aliphatic carbocycles. The molecule has 2 aliphatic heterocycles. The molecule has 1 aromatic heterocycles. The molecule has 0 saturated carbocycles. The monoisotopic (exact) mass is 492 g/mol. The van der Waals surface area contributed by atoms with Gasteiger partial charge in [0, 0.05) is 50.6 Å². The van der Waals surface area contributed by atoms with Crippen molar-refractivity contribution in [2.24, 2.45) is 0 Å². The summed E-state index contributed by atoms with van der Waals surface area (Å²) in [6.07, 6.45) is 4.12. The van der Waals surface area contributed by atoms with Crippen LogP contribution in [0.5, 0.6) is 0 Å². The van der Waals surface area contributed by atoms with Crippen LogP contribution in [0.1, 0.15) is 12.8 Å². The third kappa shape index (κ3) is 5.33. The first-order chi connectivity index (χ1) is 17.1. The largest absolute Gasteiger partial charge is 0.372 e. The van der Waals surface area contributed by atoms with Gasteiger partial charge in [-0.3, -0.25) is 14.5 Å². The second kappa shape index (κ2) is 10.5. The topological polar surface area (TPSA) is 73.7 Å². The van der Waals surface area contributed by atoms with E-state index in [1.807, 2.05) is 42.5 Å². The Kier molecular flexibility index (Phi) is 7.01. The van der Waals surface area contributed by atoms with Gasteiger partial charge in [0.2, 0.25) is 5.91 Å². The highest BCUT2D eigenvalue weighted by molar-refractivity contribution is 6.33. The smallest absolute Gasteiger partial charge is 0.292 e. The van der Waals surface area contributed by atoms with Crippen LogP contribution in [0.3, 0.4) is 0 Å². The van der Waals surface area contributed by atoms with Gasteiger partial charge in [-0.1, -0.05) is 29.8 Å². The highest BCUT2D eigenvalue weighted by atomic mass is 35.5. The van der Waals surface area contributed by atoms with Gasteiger partial charge < -0.3 is 15.1 Å². The molecule has 35 heavy (non-hydrogen) atoms. The average molecular weight is 493 g/mol. The Morgan fingerprint density at radius 2 is 1.54 bits per heavy atom. The summed E-state index contributed by atoms with van der Waals surface area (Å²) < 4.78 is 1.31. The van der Waals surface area contributed by atoms with Crippen LogP contribution in [0.15, 0.2) is 65.6 Å². The van der Waals surface area contributed by atoms with Crippen LogP contribution >= 0.6 is 11.6 Å². The van der Waals surface area contributed by atoms with Gasteiger partial charge in [0.05, 0.1) is 24.1 Å². The van der Waals surface area contributed by atoms with E-state index in [9.17, 15) is 9.59 Å². The minimum Gasteiger partial charge on any atom is -0.372 e. The van der Waals surface area contributed by atoms with Crippen LogP contribution in [0.2, 0.25) is 5.02 Å². The minimum absolute atomic E-state index is 0.0301. The van der Waals surface area contributed by atoms with Crippen LogP contribution in [0.25, 0.3) is 5.69 Å². The molecule has 5 rings (SSSR count). The summed E-state index contributed by atoms with van der Waals surface area (Å²) in [5.74, 6) is -0.0301. The first-order valence-corrected chi connectivity index (χ1v) is 12.4. The molecule has 2 aromatic carbocycles. The van der Waals surface area contributed by atoms with E-state index in [2.05, 4.69) is 37.2 Å². The number of anilines is 3. The Balaban J connectivity index is 1.14. The van der Waals surface area contributed by atoms with Gasteiger partial charge >= 0.3 is 0 Å². The fourth-order valence-electron chi connectivity index (χ4n) is 4.68. The molecule has 0 atom stereocenters. The number of hydrogen-bond acceptors (Lipinski definition) is 6. The molecule has 0 unspecified atom stereocenters. The molecule has 2 aliphatic rings. The average Bonchev–Trinajstić information content (AvgIpc) is 3.42. The number of carbonyl (C=O) groups is 1. The predicted octanol–water partition coefficient (Wildman–Crippen LogP) is 3.25. The van der Waals surface area contributed by atoms with Crippen LogP contribution in [-0.2, 0) is 4.79 Å². The zero-order valence-corrected chi connectivity index (χ0v) is 20.3. The lowest BCUT2D eigenvalue weighted by Crippen LogP contribution is -2.49. The van der Waals surface area contributed by atoms with Gasteiger partial charge in [0.15, 0.2) is 0 Å². The van der Waals surface area contributed by atoms with E-state index in [4.69, 9.17) is 11.6 Å². The molecule has 1 amide bonds. The second-order valence-corrected chi connectivity index (χ2v) is 9.33. The minimum atomic E-state index is -0.340. The highest BCUT2D eigenvalue weighted by Gasteiger charge is 2.23. The molecular formula is C26H29ClN6O2. The Labute approximate surface area is 209 Å². The second-order valence-electron chi connectivity index (χ2n) is 8.95. The predicted molar refractivity (Wildman–Crippen MR) is 140 cm³/mol. The number of amides is 1. The summed E-state index contributed by atoms with van der Waals surface area (Å²) >= 11 is 6.45. The first kappa shape index (κ1) is 23.4. The zero-order chi connectivity index (χ0) is 24.2. The standard InChI is InChI=1S/C26H29ClN6O2/c27-25-23(18-28-33(26(25)35)22-6-2-1-3-7-22)32-16-14-30(15-17-32)19-24(34)29-20-8-10-21(11-9-20)31-12-4-5-13-31/h1-3,6-11,18H,4-5,12-17,19H2,(H,29,34). The summed E-state index contributed by atoms with van der Waals surface area (Å²) in [6, 6.07) is 17.3. The Hall–Kier alpha value is -3.36. The Morgan fingerprint density at radius 1 is 0.857 bits per heavy atom. The molecule has 8 nitrogen and oxygen atoms in total. The van der Waals surface area contributed by atoms with E-state index >= 15 is 0 Å². The number of rotatable bonds is 6. The van der Waals surface area contributed by atoms with Crippen molar-refractivity contribution >= 4 is 34.6 Å². The van der Waals surface area contributed by atoms with Crippen LogP contribution < -0.4 is 20.7 Å². The van der Waals surface area contributed by atoms with E-state index in [1.54, 1.807) is 6.20 Å². The van der Waals surface area contributed by atoms with Crippen molar-refractivity contribution in [3.05, 3.63) is 76.2 Å². The third-order valence-electron chi connectivity index (χ3n) is 6.60. The Morgan fingerprint density at radius 3 is 2.23 bits per heavy atom. The zero-order valence-electron chi connectivity index (χ0n) is 19.6. The summed E-state index contributed by atoms with van der Waals surface area (Å²) in [5, 5.41) is 7.49. The molecular weight excluding hydrogens is 464 g/mol. The molecule has 2 fully saturated rings. The molecule has 3 aromatic rings. The molecule has 2 saturated heterocycles. The van der Waals surface area contributed by atoms with Gasteiger partial charge in [-0.2, -0.15) is 9.78 Å². The number of benzene rings is 2. The fraction of sp³-hybridized carbons (Fsp3) is 0.346. The van der Waals surface area contributed by atoms with Crippen LogP contribution in [0.4, 0.5) is 17.1 Å². The fourth-order valence-corrected chi connectivity index (χ4v) is 4.93. The Bertz CT molecular complexity index is 1220. The third-order valence-corrected chi connectivity index (χ3v) is 6.96. The van der Waals surface area contributed by atoms with Gasteiger partial charge in [-0.05, 0) is 49.2 Å². The quantitative estimate of drug-likeness (QED) is 0.569. The molecule has 182 valence electrons. The van der Waals surface area contributed by atoms with Crippen molar-refractivity contribution in [2.75, 3.05) is 60.9 Å². The van der Waals surface area contributed by atoms with E-state index in [-0.39, 0.29) is 16.5 Å². The van der Waals surface area contributed by atoms with Crippen molar-refractivity contribution in [1.82, 2.24) is 14.7 Å². The molecule has 0 radical (unpaired) electrons. The summed E-state index contributed by atoms with van der Waals surface area (Å²) in [7, 11) is 0. The lowest BCUT2D eigenvalue weighted by Gasteiger charge is -2.35. The lowest BCUT2D eigenvalue weighted by atomic mass is 10.2. The summed E-state index contributed by atoms with van der Waals surface area (Å²) in [6.45, 7) is 5.24. The first-order valence-electron chi connectivity index (χ1n) is 12.0. The number of nitrogens with one attached hydrogen (secondary N) is 1. The van der Waals surface area contributed by atoms with E-state index < -0.39 is 0 Å². The van der Waals surface area contributed by atoms with Gasteiger partial charge in [0.1, 0.15) is 5.02 Å². The van der Waals surface area contributed by atoms with Crippen LogP contribution in [0, 0.1) is 0 Å². The normalized spacial score (nSPS) is 16.5. The maximum atomic E-state index is 12.8.